The Hall–Kier alpha value is -1.56. The number of amides is 1. The van der Waals surface area contributed by atoms with Crippen LogP contribution in [-0.4, -0.2) is 23.7 Å². The Labute approximate surface area is 122 Å². The first kappa shape index (κ1) is 17.5. The molecule has 0 saturated carbocycles. The molecule has 1 rings (SSSR count). The fraction of sp³-hybridized carbons (Fsp3) is 0.533. The van der Waals surface area contributed by atoms with Crippen LogP contribution < -0.4 is 5.32 Å². The third-order valence-corrected chi connectivity index (χ3v) is 3.29. The van der Waals surface area contributed by atoms with Gasteiger partial charge in [-0.2, -0.15) is 13.2 Å². The Morgan fingerprint density at radius 3 is 2.38 bits per heavy atom. The highest BCUT2D eigenvalue weighted by Crippen LogP contribution is 2.35. The molecule has 3 nitrogen and oxygen atoms in total. The van der Waals surface area contributed by atoms with Gasteiger partial charge < -0.3 is 10.4 Å². The number of halogens is 3. The summed E-state index contributed by atoms with van der Waals surface area (Å²) in [6, 6.07) is 3.12. The van der Waals surface area contributed by atoms with Crippen molar-refractivity contribution in [3.05, 3.63) is 34.9 Å². The number of benzene rings is 1. The summed E-state index contributed by atoms with van der Waals surface area (Å²) < 4.78 is 39.2. The number of nitrogens with one attached hydrogen (secondary N) is 1. The molecule has 6 heteroatoms. The highest BCUT2D eigenvalue weighted by atomic mass is 19.4. The molecule has 0 fully saturated rings. The molecule has 0 aliphatic rings. The van der Waals surface area contributed by atoms with E-state index in [0.29, 0.717) is 6.42 Å². The zero-order valence-corrected chi connectivity index (χ0v) is 12.3. The number of alkyl halides is 3. The smallest absolute Gasteiger partial charge is 0.394 e. The third kappa shape index (κ3) is 4.46. The lowest BCUT2D eigenvalue weighted by atomic mass is 9.94. The van der Waals surface area contributed by atoms with Crippen LogP contribution >= 0.6 is 0 Å². The highest BCUT2D eigenvalue weighted by Gasteiger charge is 2.34. The maximum atomic E-state index is 13.1. The molecule has 0 aliphatic heterocycles. The SMILES string of the molecule is CC[C@H](CO)NC(=O)c1ccc(C(C)C)c(C(F)(F)F)c1. The van der Waals surface area contributed by atoms with Crippen molar-refractivity contribution >= 4 is 5.91 Å². The molecule has 0 aliphatic carbocycles. The predicted molar refractivity (Wildman–Crippen MR) is 74.2 cm³/mol. The largest absolute Gasteiger partial charge is 0.416 e. The summed E-state index contributed by atoms with van der Waals surface area (Å²) in [5, 5.41) is 11.5. The Morgan fingerprint density at radius 1 is 1.33 bits per heavy atom. The van der Waals surface area contributed by atoms with E-state index < -0.39 is 23.7 Å². The average Bonchev–Trinajstić information content (AvgIpc) is 2.42. The minimum Gasteiger partial charge on any atom is -0.394 e. The summed E-state index contributed by atoms with van der Waals surface area (Å²) in [7, 11) is 0. The summed E-state index contributed by atoms with van der Waals surface area (Å²) in [6.07, 6.45) is -4.00. The van der Waals surface area contributed by atoms with Crippen LogP contribution in [0.2, 0.25) is 0 Å². The fourth-order valence-electron chi connectivity index (χ4n) is 1.99. The maximum absolute atomic E-state index is 13.1. The molecule has 21 heavy (non-hydrogen) atoms. The quantitative estimate of drug-likeness (QED) is 0.876. The van der Waals surface area contributed by atoms with Crippen molar-refractivity contribution in [3.63, 3.8) is 0 Å². The second kappa shape index (κ2) is 6.93. The molecule has 2 N–H and O–H groups in total. The van der Waals surface area contributed by atoms with E-state index in [2.05, 4.69) is 5.32 Å². The summed E-state index contributed by atoms with van der Waals surface area (Å²) >= 11 is 0. The van der Waals surface area contributed by atoms with Gasteiger partial charge >= 0.3 is 6.18 Å². The number of aliphatic hydroxyl groups is 1. The van der Waals surface area contributed by atoms with Crippen LogP contribution in [0.15, 0.2) is 18.2 Å². The van der Waals surface area contributed by atoms with E-state index in [0.717, 1.165) is 6.07 Å². The van der Waals surface area contributed by atoms with Crippen LogP contribution in [0.5, 0.6) is 0 Å². The van der Waals surface area contributed by atoms with Crippen molar-refractivity contribution in [2.45, 2.75) is 45.3 Å². The van der Waals surface area contributed by atoms with Gasteiger partial charge in [0.1, 0.15) is 0 Å². The van der Waals surface area contributed by atoms with E-state index in [1.54, 1.807) is 20.8 Å². The molecular weight excluding hydrogens is 283 g/mol. The van der Waals surface area contributed by atoms with Crippen LogP contribution in [0.25, 0.3) is 0 Å². The molecule has 1 aromatic carbocycles. The zero-order valence-electron chi connectivity index (χ0n) is 12.3. The van der Waals surface area contributed by atoms with Gasteiger partial charge in [0.2, 0.25) is 0 Å². The standard InChI is InChI=1S/C15H20F3NO2/c1-4-11(8-20)19-14(21)10-5-6-12(9(2)3)13(7-10)15(16,17)18/h5-7,9,11,20H,4,8H2,1-3H3,(H,19,21)/t11-/m1/s1. The van der Waals surface area contributed by atoms with E-state index in [1.165, 1.54) is 12.1 Å². The van der Waals surface area contributed by atoms with Crippen LogP contribution in [0.3, 0.4) is 0 Å². The van der Waals surface area contributed by atoms with Gasteiger partial charge in [-0.3, -0.25) is 4.79 Å². The molecule has 0 unspecified atom stereocenters. The molecule has 1 amide bonds. The lowest BCUT2D eigenvalue weighted by Gasteiger charge is -2.18. The van der Waals surface area contributed by atoms with Crippen LogP contribution in [-0.2, 0) is 6.18 Å². The molecule has 118 valence electrons. The van der Waals surface area contributed by atoms with Gasteiger partial charge in [0, 0.05) is 5.56 Å². The van der Waals surface area contributed by atoms with Crippen molar-refractivity contribution in [2.24, 2.45) is 0 Å². The van der Waals surface area contributed by atoms with E-state index in [-0.39, 0.29) is 23.7 Å². The number of carbonyl (C=O) groups is 1. The first-order valence-electron chi connectivity index (χ1n) is 6.83. The van der Waals surface area contributed by atoms with Gasteiger partial charge in [-0.25, -0.2) is 0 Å². The third-order valence-electron chi connectivity index (χ3n) is 3.29. The molecule has 0 spiro atoms. The van der Waals surface area contributed by atoms with E-state index in [4.69, 9.17) is 5.11 Å². The first-order chi connectivity index (χ1) is 9.70. The van der Waals surface area contributed by atoms with Gasteiger partial charge in [0.25, 0.3) is 5.91 Å². The molecule has 0 aromatic heterocycles. The average molecular weight is 303 g/mol. The monoisotopic (exact) mass is 303 g/mol. The molecule has 1 atom stereocenters. The van der Waals surface area contributed by atoms with Gasteiger partial charge in [-0.05, 0) is 30.0 Å². The Kier molecular flexibility index (Phi) is 5.78. The van der Waals surface area contributed by atoms with E-state index in [9.17, 15) is 18.0 Å². The molecule has 0 heterocycles. The Balaban J connectivity index is 3.14. The second-order valence-corrected chi connectivity index (χ2v) is 5.22. The second-order valence-electron chi connectivity index (χ2n) is 5.22. The lowest BCUT2D eigenvalue weighted by molar-refractivity contribution is -0.138. The van der Waals surface area contributed by atoms with Gasteiger partial charge in [0.05, 0.1) is 18.2 Å². The molecule has 1 aromatic rings. The van der Waals surface area contributed by atoms with Crippen molar-refractivity contribution in [3.8, 4) is 0 Å². The Morgan fingerprint density at radius 2 is 1.95 bits per heavy atom. The number of hydrogen-bond acceptors (Lipinski definition) is 2. The lowest BCUT2D eigenvalue weighted by Crippen LogP contribution is -2.37. The van der Waals surface area contributed by atoms with Crippen molar-refractivity contribution in [2.75, 3.05) is 6.61 Å². The molecular formula is C15H20F3NO2. The van der Waals surface area contributed by atoms with Gasteiger partial charge in [-0.1, -0.05) is 26.8 Å². The van der Waals surface area contributed by atoms with Crippen LogP contribution in [0, 0.1) is 0 Å². The first-order valence-corrected chi connectivity index (χ1v) is 6.83. The summed E-state index contributed by atoms with van der Waals surface area (Å²) in [4.78, 5) is 11.9. The maximum Gasteiger partial charge on any atom is 0.416 e. The molecule has 0 radical (unpaired) electrons. The summed E-state index contributed by atoms with van der Waals surface area (Å²) in [6.45, 7) is 4.86. The van der Waals surface area contributed by atoms with E-state index >= 15 is 0 Å². The minimum atomic E-state index is -4.50. The van der Waals surface area contributed by atoms with Crippen LogP contribution in [0.4, 0.5) is 13.2 Å². The topological polar surface area (TPSA) is 49.3 Å². The van der Waals surface area contributed by atoms with Crippen molar-refractivity contribution < 1.29 is 23.1 Å². The predicted octanol–water partition coefficient (Wildman–Crippen LogP) is 3.33. The van der Waals surface area contributed by atoms with Gasteiger partial charge in [-0.15, -0.1) is 0 Å². The van der Waals surface area contributed by atoms with Crippen molar-refractivity contribution in [1.82, 2.24) is 5.32 Å². The van der Waals surface area contributed by atoms with Crippen molar-refractivity contribution in [1.29, 1.82) is 0 Å². The number of aliphatic hydroxyl groups excluding tert-OH is 1. The summed E-state index contributed by atoms with van der Waals surface area (Å²) in [5.74, 6) is -0.906. The van der Waals surface area contributed by atoms with Gasteiger partial charge in [0.15, 0.2) is 0 Å². The highest BCUT2D eigenvalue weighted by molar-refractivity contribution is 5.94. The zero-order chi connectivity index (χ0) is 16.2. The number of rotatable bonds is 5. The number of hydrogen-bond donors (Lipinski definition) is 2. The Bertz CT molecular complexity index is 494. The van der Waals surface area contributed by atoms with Crippen LogP contribution in [0.1, 0.15) is 54.6 Å². The minimum absolute atomic E-state index is 0.0568. The summed E-state index contributed by atoms with van der Waals surface area (Å²) in [5.41, 5.74) is -0.686. The number of carbonyl (C=O) groups excluding carboxylic acids is 1. The molecule has 0 bridgehead atoms. The molecule has 0 saturated heterocycles. The fourth-order valence-corrected chi connectivity index (χ4v) is 1.99. The van der Waals surface area contributed by atoms with E-state index in [1.807, 2.05) is 0 Å². The normalized spacial score (nSPS) is 13.3.